The van der Waals surface area contributed by atoms with Crippen LogP contribution in [0.5, 0.6) is 0 Å². The van der Waals surface area contributed by atoms with Crippen molar-refractivity contribution >= 4 is 75.7 Å². The molecule has 0 saturated carbocycles. The van der Waals surface area contributed by atoms with E-state index >= 15 is 0 Å². The van der Waals surface area contributed by atoms with Crippen molar-refractivity contribution in [1.29, 1.82) is 0 Å². The number of hydrogen-bond acceptors (Lipinski definition) is 3. The highest BCUT2D eigenvalue weighted by molar-refractivity contribution is 9.14. The molecule has 0 aromatic rings. The SMILES string of the molecule is O=C(O)/C(Br)=C(/Br)C(=O)OCC(Br)CBr. The normalized spacial score (nSPS) is 14.1. The first-order valence-corrected chi connectivity index (χ1v) is 7.18. The van der Waals surface area contributed by atoms with E-state index in [0.29, 0.717) is 5.33 Å². The van der Waals surface area contributed by atoms with Crippen LogP contribution >= 0.6 is 63.7 Å². The Kier molecular flexibility index (Phi) is 8.12. The Morgan fingerprint density at radius 2 is 1.80 bits per heavy atom. The highest BCUT2D eigenvalue weighted by Gasteiger charge is 2.18. The molecule has 4 nitrogen and oxygen atoms in total. The third kappa shape index (κ3) is 6.03. The fraction of sp³-hybridized carbons (Fsp3) is 0.429. The smallest absolute Gasteiger partial charge is 0.346 e. The molecule has 0 aromatic heterocycles. The Labute approximate surface area is 120 Å². The van der Waals surface area contributed by atoms with Crippen LogP contribution in [-0.2, 0) is 14.3 Å². The molecule has 0 amide bonds. The zero-order chi connectivity index (χ0) is 12.0. The summed E-state index contributed by atoms with van der Waals surface area (Å²) in [7, 11) is 0. The zero-order valence-electron chi connectivity index (χ0n) is 7.18. The van der Waals surface area contributed by atoms with Gasteiger partial charge in [-0.3, -0.25) is 0 Å². The first-order chi connectivity index (χ1) is 6.90. The third-order valence-corrected chi connectivity index (χ3v) is 5.35. The first kappa shape index (κ1) is 15.6. The van der Waals surface area contributed by atoms with E-state index in [-0.39, 0.29) is 20.4 Å². The summed E-state index contributed by atoms with van der Waals surface area (Å²) in [5, 5.41) is 9.19. The minimum absolute atomic E-state index is 0.00893. The molecule has 1 atom stereocenters. The fourth-order valence-electron chi connectivity index (χ4n) is 0.458. The Hall–Kier alpha value is 0.600. The van der Waals surface area contributed by atoms with Gasteiger partial charge in [-0.2, -0.15) is 0 Å². The van der Waals surface area contributed by atoms with Crippen molar-refractivity contribution < 1.29 is 19.4 Å². The molecule has 0 aliphatic rings. The van der Waals surface area contributed by atoms with E-state index in [1.807, 2.05) is 0 Å². The van der Waals surface area contributed by atoms with E-state index in [1.54, 1.807) is 0 Å². The van der Waals surface area contributed by atoms with Gasteiger partial charge >= 0.3 is 11.9 Å². The average Bonchev–Trinajstić information content (AvgIpc) is 2.22. The lowest BCUT2D eigenvalue weighted by Gasteiger charge is -2.07. The van der Waals surface area contributed by atoms with E-state index in [4.69, 9.17) is 9.84 Å². The van der Waals surface area contributed by atoms with Gasteiger partial charge in [-0.15, -0.1) is 0 Å². The van der Waals surface area contributed by atoms with Crippen LogP contribution in [-0.4, -0.2) is 33.8 Å². The van der Waals surface area contributed by atoms with Crippen molar-refractivity contribution in [2.45, 2.75) is 4.83 Å². The lowest BCUT2D eigenvalue weighted by molar-refractivity contribution is -0.139. The van der Waals surface area contributed by atoms with E-state index in [9.17, 15) is 9.59 Å². The topological polar surface area (TPSA) is 63.6 Å². The van der Waals surface area contributed by atoms with Crippen LogP contribution in [0.1, 0.15) is 0 Å². The Balaban J connectivity index is 4.34. The molecular weight excluding hydrogens is 468 g/mol. The number of carboxylic acid groups (broad SMARTS) is 1. The Morgan fingerprint density at radius 3 is 2.20 bits per heavy atom. The summed E-state index contributed by atoms with van der Waals surface area (Å²) in [5.74, 6) is -1.97. The number of carboxylic acids is 1. The van der Waals surface area contributed by atoms with Crippen molar-refractivity contribution in [1.82, 2.24) is 0 Å². The van der Waals surface area contributed by atoms with Crippen LogP contribution in [0.3, 0.4) is 0 Å². The predicted octanol–water partition coefficient (Wildman–Crippen LogP) is 2.77. The molecule has 1 unspecified atom stereocenters. The quantitative estimate of drug-likeness (QED) is 0.379. The lowest BCUT2D eigenvalue weighted by Crippen LogP contribution is -2.15. The van der Waals surface area contributed by atoms with Crippen molar-refractivity contribution in [2.75, 3.05) is 11.9 Å². The number of rotatable bonds is 5. The van der Waals surface area contributed by atoms with E-state index < -0.39 is 11.9 Å². The molecule has 0 aliphatic heterocycles. The molecule has 0 aliphatic carbocycles. The summed E-state index contributed by atoms with van der Waals surface area (Å²) < 4.78 is 4.40. The fourth-order valence-corrected chi connectivity index (χ4v) is 1.22. The van der Waals surface area contributed by atoms with E-state index in [1.165, 1.54) is 0 Å². The summed E-state index contributed by atoms with van der Waals surface area (Å²) >= 11 is 12.0. The van der Waals surface area contributed by atoms with Gasteiger partial charge in [-0.25, -0.2) is 9.59 Å². The second-order valence-corrected chi connectivity index (χ2v) is 5.81. The molecule has 0 rings (SSSR count). The highest BCUT2D eigenvalue weighted by atomic mass is 79.9. The van der Waals surface area contributed by atoms with Crippen LogP contribution < -0.4 is 0 Å². The van der Waals surface area contributed by atoms with Crippen molar-refractivity contribution in [3.05, 3.63) is 8.96 Å². The average molecular weight is 474 g/mol. The van der Waals surface area contributed by atoms with Crippen molar-refractivity contribution in [3.63, 3.8) is 0 Å². The molecule has 0 fully saturated rings. The van der Waals surface area contributed by atoms with Gasteiger partial charge in [0.15, 0.2) is 0 Å². The molecule has 0 saturated heterocycles. The summed E-state index contributed by atoms with van der Waals surface area (Å²) in [4.78, 5) is 21.7. The molecule has 8 heteroatoms. The van der Waals surface area contributed by atoms with Gasteiger partial charge in [0.1, 0.15) is 15.6 Å². The molecule has 1 N–H and O–H groups in total. The maximum Gasteiger partial charge on any atom is 0.346 e. The number of hydrogen-bond donors (Lipinski definition) is 1. The first-order valence-electron chi connectivity index (χ1n) is 3.55. The largest absolute Gasteiger partial charge is 0.477 e. The molecule has 86 valence electrons. The Morgan fingerprint density at radius 1 is 1.27 bits per heavy atom. The third-order valence-electron chi connectivity index (χ3n) is 1.12. The van der Waals surface area contributed by atoms with Crippen LogP contribution in [0.4, 0.5) is 0 Å². The second-order valence-electron chi connectivity index (χ2n) is 2.28. The summed E-state index contributed by atoms with van der Waals surface area (Å²) in [6.45, 7) is 0.152. The lowest BCUT2D eigenvalue weighted by atomic mass is 10.5. The van der Waals surface area contributed by atoms with Gasteiger partial charge < -0.3 is 9.84 Å². The van der Waals surface area contributed by atoms with Crippen LogP contribution in [0.25, 0.3) is 0 Å². The number of esters is 1. The van der Waals surface area contributed by atoms with Crippen LogP contribution in [0.15, 0.2) is 8.96 Å². The van der Waals surface area contributed by atoms with Crippen molar-refractivity contribution in [3.8, 4) is 0 Å². The monoisotopic (exact) mass is 470 g/mol. The summed E-state index contributed by atoms with van der Waals surface area (Å²) in [6, 6.07) is 0. The van der Waals surface area contributed by atoms with Gasteiger partial charge in [0.25, 0.3) is 0 Å². The number of ether oxygens (including phenoxy) is 1. The van der Waals surface area contributed by atoms with Crippen LogP contribution in [0, 0.1) is 0 Å². The maximum absolute atomic E-state index is 11.3. The summed E-state index contributed by atoms with van der Waals surface area (Å²) in [5.41, 5.74) is 0. The van der Waals surface area contributed by atoms with Crippen LogP contribution in [0.2, 0.25) is 0 Å². The molecule has 0 radical (unpaired) electrons. The van der Waals surface area contributed by atoms with Gasteiger partial charge in [0, 0.05) is 5.33 Å². The standard InChI is InChI=1S/C7H6Br4O4/c8-1-3(9)2-15-7(14)5(11)4(10)6(12)13/h3H,1-2H2,(H,12,13)/b5-4-. The molecule has 15 heavy (non-hydrogen) atoms. The van der Waals surface area contributed by atoms with Gasteiger partial charge in [0.2, 0.25) is 0 Å². The highest BCUT2D eigenvalue weighted by Crippen LogP contribution is 2.20. The Bertz CT molecular complexity index is 289. The van der Waals surface area contributed by atoms with Gasteiger partial charge in [0.05, 0.1) is 4.83 Å². The predicted molar refractivity (Wildman–Crippen MR) is 70.0 cm³/mol. The minimum Gasteiger partial charge on any atom is -0.477 e. The number of carbonyl (C=O) groups excluding carboxylic acids is 1. The summed E-state index contributed by atoms with van der Waals surface area (Å²) in [6.07, 6.45) is 0. The minimum atomic E-state index is -1.24. The van der Waals surface area contributed by atoms with E-state index in [0.717, 1.165) is 0 Å². The molecule has 0 spiro atoms. The maximum atomic E-state index is 11.3. The molecular formula is C7H6Br4O4. The van der Waals surface area contributed by atoms with Crippen molar-refractivity contribution in [2.24, 2.45) is 0 Å². The molecule has 0 heterocycles. The number of halogens is 4. The molecule has 0 aromatic carbocycles. The zero-order valence-corrected chi connectivity index (χ0v) is 13.5. The van der Waals surface area contributed by atoms with E-state index in [2.05, 4.69) is 63.7 Å². The molecule has 0 bridgehead atoms. The second kappa shape index (κ2) is 7.81. The van der Waals surface area contributed by atoms with Gasteiger partial charge in [-0.1, -0.05) is 31.9 Å². The number of alkyl halides is 2. The number of carbonyl (C=O) groups is 2. The number of aliphatic carboxylic acids is 1. The van der Waals surface area contributed by atoms with Gasteiger partial charge in [-0.05, 0) is 31.9 Å².